The third-order valence-electron chi connectivity index (χ3n) is 2.21. The minimum Gasteiger partial charge on any atom is -0.397 e. The minimum atomic E-state index is -4.50. The molecule has 0 bridgehead atoms. The molecule has 0 unspecified atom stereocenters. The van der Waals surface area contributed by atoms with Gasteiger partial charge in [0.05, 0.1) is 23.5 Å². The zero-order valence-electron chi connectivity index (χ0n) is 10.1. The van der Waals surface area contributed by atoms with E-state index in [1.807, 2.05) is 0 Å². The van der Waals surface area contributed by atoms with E-state index >= 15 is 0 Å². The summed E-state index contributed by atoms with van der Waals surface area (Å²) in [5, 5.41) is 2.59. The highest BCUT2D eigenvalue weighted by Gasteiger charge is 2.30. The number of nitrogen functional groups attached to an aromatic ring is 1. The van der Waals surface area contributed by atoms with Crippen molar-refractivity contribution in [3.63, 3.8) is 0 Å². The molecule has 0 aliphatic carbocycles. The minimum absolute atomic E-state index is 0.00829. The summed E-state index contributed by atoms with van der Waals surface area (Å²) < 4.78 is 76.7. The maximum atomic E-state index is 12.4. The lowest BCUT2D eigenvalue weighted by molar-refractivity contribution is -0.172. The quantitative estimate of drug-likeness (QED) is 0.498. The number of ether oxygens (including phenoxy) is 1. The molecule has 0 aliphatic heterocycles. The third-order valence-corrected chi connectivity index (χ3v) is 2.21. The number of nitrogens with two attached hydrogens (primary N) is 1. The summed E-state index contributed by atoms with van der Waals surface area (Å²) in [5.41, 5.74) is 4.58. The number of hydrogen-bond donors (Lipinski definition) is 2. The number of hydrogen-bond acceptors (Lipinski definition) is 3. The molecule has 0 saturated carbocycles. The van der Waals surface area contributed by atoms with Crippen LogP contribution < -0.4 is 11.1 Å². The van der Waals surface area contributed by atoms with Crippen molar-refractivity contribution in [3.8, 4) is 0 Å². The molecule has 9 heteroatoms. The van der Waals surface area contributed by atoms with Crippen LogP contribution in [0.4, 0.5) is 37.7 Å². The van der Waals surface area contributed by atoms with E-state index in [4.69, 9.17) is 5.73 Å². The van der Waals surface area contributed by atoms with Crippen molar-refractivity contribution in [1.82, 2.24) is 0 Å². The van der Waals surface area contributed by atoms with Crippen LogP contribution in [0, 0.1) is 0 Å². The Kier molecular flexibility index (Phi) is 5.09. The zero-order chi connectivity index (χ0) is 15.4. The fourth-order valence-corrected chi connectivity index (χ4v) is 1.35. The first-order valence-electron chi connectivity index (χ1n) is 5.45. The molecule has 0 heterocycles. The highest BCUT2D eigenvalue weighted by molar-refractivity contribution is 5.67. The Hall–Kier alpha value is -1.64. The van der Waals surface area contributed by atoms with Crippen molar-refractivity contribution in [2.24, 2.45) is 0 Å². The number of anilines is 2. The Bertz CT molecular complexity index is 444. The molecule has 0 aromatic heterocycles. The summed E-state index contributed by atoms with van der Waals surface area (Å²) in [6.07, 6.45) is -8.91. The van der Waals surface area contributed by atoms with Gasteiger partial charge >= 0.3 is 12.4 Å². The van der Waals surface area contributed by atoms with Crippen molar-refractivity contribution >= 4 is 11.4 Å². The van der Waals surface area contributed by atoms with Gasteiger partial charge in [0.2, 0.25) is 0 Å². The van der Waals surface area contributed by atoms with E-state index in [-0.39, 0.29) is 24.5 Å². The average molecular weight is 302 g/mol. The van der Waals surface area contributed by atoms with Crippen molar-refractivity contribution in [3.05, 3.63) is 23.8 Å². The zero-order valence-corrected chi connectivity index (χ0v) is 10.1. The van der Waals surface area contributed by atoms with Gasteiger partial charge < -0.3 is 15.8 Å². The van der Waals surface area contributed by atoms with E-state index in [9.17, 15) is 26.3 Å². The van der Waals surface area contributed by atoms with E-state index < -0.39 is 24.5 Å². The third kappa shape index (κ3) is 5.55. The maximum absolute atomic E-state index is 12.4. The molecule has 1 aromatic carbocycles. The predicted molar refractivity (Wildman–Crippen MR) is 61.2 cm³/mol. The van der Waals surface area contributed by atoms with Crippen LogP contribution in [0.1, 0.15) is 5.56 Å². The molecule has 114 valence electrons. The van der Waals surface area contributed by atoms with E-state index in [0.717, 1.165) is 18.2 Å². The molecule has 0 spiro atoms. The van der Waals surface area contributed by atoms with Crippen LogP contribution >= 0.6 is 0 Å². The topological polar surface area (TPSA) is 47.3 Å². The molecule has 1 aromatic rings. The lowest BCUT2D eigenvalue weighted by Gasteiger charge is -2.13. The van der Waals surface area contributed by atoms with Crippen molar-refractivity contribution < 1.29 is 31.1 Å². The second-order valence-corrected chi connectivity index (χ2v) is 3.89. The molecule has 0 amide bonds. The summed E-state index contributed by atoms with van der Waals surface area (Å²) >= 11 is 0. The molecular weight excluding hydrogens is 290 g/mol. The lowest BCUT2D eigenvalue weighted by Crippen LogP contribution is -2.20. The number of nitrogens with one attached hydrogen (secondary N) is 1. The summed E-state index contributed by atoms with van der Waals surface area (Å²) in [4.78, 5) is 0. The molecule has 0 fully saturated rings. The Labute approximate surface area is 110 Å². The fraction of sp³-hybridized carbons (Fsp3) is 0.455. The first-order valence-corrected chi connectivity index (χ1v) is 5.45. The normalized spacial score (nSPS) is 12.5. The smallest absolute Gasteiger partial charge is 0.397 e. The first-order chi connectivity index (χ1) is 9.09. The van der Waals surface area contributed by atoms with E-state index in [0.29, 0.717) is 0 Å². The van der Waals surface area contributed by atoms with Gasteiger partial charge in [-0.15, -0.1) is 0 Å². The second kappa shape index (κ2) is 6.21. The van der Waals surface area contributed by atoms with E-state index in [2.05, 4.69) is 10.1 Å². The van der Waals surface area contributed by atoms with Gasteiger partial charge in [0.1, 0.15) is 6.61 Å². The maximum Gasteiger partial charge on any atom is 0.416 e. The molecule has 0 atom stereocenters. The number of halogens is 6. The van der Waals surface area contributed by atoms with Crippen LogP contribution in [-0.2, 0) is 10.9 Å². The van der Waals surface area contributed by atoms with Crippen LogP contribution in [0.5, 0.6) is 0 Å². The highest BCUT2D eigenvalue weighted by atomic mass is 19.4. The van der Waals surface area contributed by atoms with Crippen molar-refractivity contribution in [2.45, 2.75) is 12.4 Å². The average Bonchev–Trinajstić information content (AvgIpc) is 2.27. The molecule has 3 N–H and O–H groups in total. The van der Waals surface area contributed by atoms with Gasteiger partial charge in [-0.3, -0.25) is 0 Å². The Morgan fingerprint density at radius 3 is 2.25 bits per heavy atom. The Morgan fingerprint density at radius 2 is 1.75 bits per heavy atom. The van der Waals surface area contributed by atoms with Gasteiger partial charge in [-0.1, -0.05) is 0 Å². The predicted octanol–water partition coefficient (Wildman–Crippen LogP) is 3.28. The van der Waals surface area contributed by atoms with E-state index in [1.54, 1.807) is 0 Å². The number of rotatable bonds is 5. The van der Waals surface area contributed by atoms with Crippen molar-refractivity contribution in [1.29, 1.82) is 0 Å². The lowest BCUT2D eigenvalue weighted by atomic mass is 10.1. The molecular formula is C11H12F6N2O. The van der Waals surface area contributed by atoms with Crippen LogP contribution in [0.25, 0.3) is 0 Å². The summed E-state index contributed by atoms with van der Waals surface area (Å²) in [5.74, 6) is 0. The van der Waals surface area contributed by atoms with Crippen molar-refractivity contribution in [2.75, 3.05) is 30.8 Å². The summed E-state index contributed by atoms with van der Waals surface area (Å²) in [6, 6.07) is 2.69. The fourth-order valence-electron chi connectivity index (χ4n) is 1.35. The Morgan fingerprint density at radius 1 is 1.10 bits per heavy atom. The van der Waals surface area contributed by atoms with E-state index in [1.165, 1.54) is 0 Å². The first kappa shape index (κ1) is 16.4. The molecule has 0 aliphatic rings. The molecule has 0 saturated heterocycles. The van der Waals surface area contributed by atoms with Gasteiger partial charge in [-0.2, -0.15) is 26.3 Å². The molecule has 0 radical (unpaired) electrons. The molecule has 3 nitrogen and oxygen atoms in total. The standard InChI is InChI=1S/C11H12F6N2O/c12-10(13,14)6-20-4-3-19-9-2-1-7(5-8(9)18)11(15,16)17/h1-2,5,19H,3-4,6,18H2. The van der Waals surface area contributed by atoms with Crippen LogP contribution in [0.2, 0.25) is 0 Å². The van der Waals surface area contributed by atoms with Crippen LogP contribution in [0.3, 0.4) is 0 Å². The van der Waals surface area contributed by atoms with Gasteiger partial charge in [0, 0.05) is 6.54 Å². The van der Waals surface area contributed by atoms with Crippen LogP contribution in [-0.4, -0.2) is 25.9 Å². The van der Waals surface area contributed by atoms with Gasteiger partial charge in [-0.05, 0) is 18.2 Å². The molecule has 1 rings (SSSR count). The van der Waals surface area contributed by atoms with Crippen LogP contribution in [0.15, 0.2) is 18.2 Å². The number of benzene rings is 1. The summed E-state index contributed by atoms with van der Waals surface area (Å²) in [6.45, 7) is -1.64. The van der Waals surface area contributed by atoms with Gasteiger partial charge in [0.25, 0.3) is 0 Å². The second-order valence-electron chi connectivity index (χ2n) is 3.89. The molecule has 20 heavy (non-hydrogen) atoms. The SMILES string of the molecule is Nc1cc(C(F)(F)F)ccc1NCCOCC(F)(F)F. The monoisotopic (exact) mass is 302 g/mol. The van der Waals surface area contributed by atoms with Gasteiger partial charge in [0.15, 0.2) is 0 Å². The van der Waals surface area contributed by atoms with Gasteiger partial charge in [-0.25, -0.2) is 0 Å². The largest absolute Gasteiger partial charge is 0.416 e. The Balaban J connectivity index is 2.46. The number of alkyl halides is 6. The highest BCUT2D eigenvalue weighted by Crippen LogP contribution is 2.32. The summed E-state index contributed by atoms with van der Waals surface area (Å²) in [7, 11) is 0.